The Bertz CT molecular complexity index is 2450. The van der Waals surface area contributed by atoms with Gasteiger partial charge in [0.1, 0.15) is 45.6 Å². The molecule has 16 heteroatoms. The monoisotopic (exact) mass is 870 g/mol. The van der Waals surface area contributed by atoms with Crippen molar-refractivity contribution in [3.8, 4) is 28.0 Å². The number of ether oxygens (including phenoxy) is 3. The molecule has 0 bridgehead atoms. The number of nitrogens with zero attached hydrogens (tertiary/aromatic N) is 4. The van der Waals surface area contributed by atoms with Gasteiger partial charge in [0.25, 0.3) is 5.91 Å². The average Bonchev–Trinajstić information content (AvgIpc) is 4.12. The number of hydrogen-bond donors (Lipinski definition) is 2. The third-order valence-corrected chi connectivity index (χ3v) is 14.9. The number of allylic oxidation sites excluding steroid dienone is 1. The van der Waals surface area contributed by atoms with Crippen molar-refractivity contribution in [2.24, 2.45) is 5.92 Å². The van der Waals surface area contributed by atoms with Crippen LogP contribution in [0.1, 0.15) is 88.0 Å². The highest BCUT2D eigenvalue weighted by Crippen LogP contribution is 2.46. The zero-order chi connectivity index (χ0) is 43.1. The largest absolute Gasteiger partial charge is 0.497 e. The summed E-state index contributed by atoms with van der Waals surface area (Å²) < 4.78 is 46.2. The molecule has 0 radical (unpaired) electrons. The van der Waals surface area contributed by atoms with Gasteiger partial charge in [-0.25, -0.2) is 23.2 Å². The minimum absolute atomic E-state index is 0.0810. The number of hydrogen-bond acceptors (Lipinski definition) is 11. The number of aryl methyl sites for hydroxylation is 1. The lowest BCUT2D eigenvalue weighted by atomic mass is 10.1. The van der Waals surface area contributed by atoms with Crippen LogP contribution in [0.4, 0.5) is 4.79 Å². The first kappa shape index (κ1) is 42.5. The standard InChI is InChI=1S/C45H54N6O8S2/c1-27(2)36-26-60-42(47-36)35-22-39(34-18-19-38(58-5)28(3)40(34)46-35)59-32-21-37-41(52)48-45(43(53)49-61(55,56)33-16-17-33)23-30(45)11-9-7-6-8-10-20-50(44(54)51(37)25-32)24-29-12-14-31(57-4)15-13-29/h9,11-15,18-19,22,26-27,30,32-33,37H,6-8,10,16-17,20-21,23-25H2,1-5H3,(H,48,52)(H,49,53)/b11-9-. The Kier molecular flexibility index (Phi) is 12.0. The molecule has 2 aromatic heterocycles. The van der Waals surface area contributed by atoms with Crippen molar-refractivity contribution >= 4 is 50.1 Å². The summed E-state index contributed by atoms with van der Waals surface area (Å²) in [6.07, 6.45) is 7.85. The number of methoxy groups -OCH3 is 2. The molecular weight excluding hydrogens is 817 g/mol. The van der Waals surface area contributed by atoms with Crippen molar-refractivity contribution in [3.63, 3.8) is 0 Å². The second kappa shape index (κ2) is 17.3. The van der Waals surface area contributed by atoms with E-state index in [1.807, 2.05) is 66.9 Å². The van der Waals surface area contributed by atoms with E-state index in [2.05, 4.69) is 23.9 Å². The molecule has 3 fully saturated rings. The van der Waals surface area contributed by atoms with Gasteiger partial charge in [0.05, 0.1) is 37.2 Å². The quantitative estimate of drug-likeness (QED) is 0.152. The number of urea groups is 1. The minimum atomic E-state index is -3.88. The number of sulfonamides is 1. The first-order chi connectivity index (χ1) is 29.3. The van der Waals surface area contributed by atoms with Gasteiger partial charge in [-0.2, -0.15) is 0 Å². The van der Waals surface area contributed by atoms with Crippen LogP contribution in [0.15, 0.2) is 60.0 Å². The summed E-state index contributed by atoms with van der Waals surface area (Å²) in [4.78, 5) is 56.8. The summed E-state index contributed by atoms with van der Waals surface area (Å²) in [5, 5.41) is 5.88. The van der Waals surface area contributed by atoms with E-state index in [0.29, 0.717) is 54.4 Å². The van der Waals surface area contributed by atoms with Crippen LogP contribution in [0.3, 0.4) is 0 Å². The van der Waals surface area contributed by atoms with Gasteiger partial charge in [-0.05, 0) is 81.2 Å². The van der Waals surface area contributed by atoms with E-state index in [1.165, 1.54) is 11.3 Å². The molecule has 0 spiro atoms. The van der Waals surface area contributed by atoms with Crippen LogP contribution in [0, 0.1) is 12.8 Å². The molecule has 4 heterocycles. The lowest BCUT2D eigenvalue weighted by Gasteiger charge is -2.32. The third kappa shape index (κ3) is 8.92. The molecule has 4 aliphatic rings. The van der Waals surface area contributed by atoms with Crippen molar-refractivity contribution in [1.29, 1.82) is 0 Å². The van der Waals surface area contributed by atoms with E-state index in [4.69, 9.17) is 24.2 Å². The third-order valence-electron chi connectivity index (χ3n) is 12.2. The zero-order valence-corrected chi connectivity index (χ0v) is 36.9. The predicted octanol–water partition coefficient (Wildman–Crippen LogP) is 6.86. The van der Waals surface area contributed by atoms with Gasteiger partial charge in [-0.15, -0.1) is 11.3 Å². The Morgan fingerprint density at radius 1 is 1.03 bits per heavy atom. The molecule has 2 N–H and O–H groups in total. The van der Waals surface area contributed by atoms with Crippen LogP contribution < -0.4 is 24.2 Å². The summed E-state index contributed by atoms with van der Waals surface area (Å²) in [7, 11) is -0.665. The van der Waals surface area contributed by atoms with Gasteiger partial charge in [0.2, 0.25) is 15.9 Å². The number of aromatic nitrogens is 2. The summed E-state index contributed by atoms with van der Waals surface area (Å²) in [6, 6.07) is 11.8. The number of carbonyl (C=O) groups is 3. The highest BCUT2D eigenvalue weighted by molar-refractivity contribution is 7.91. The molecule has 2 aliphatic heterocycles. The van der Waals surface area contributed by atoms with E-state index in [9.17, 15) is 22.8 Å². The maximum absolute atomic E-state index is 14.9. The summed E-state index contributed by atoms with van der Waals surface area (Å²) in [6.45, 7) is 6.97. The molecule has 2 aromatic carbocycles. The van der Waals surface area contributed by atoms with Crippen molar-refractivity contribution < 1.29 is 37.0 Å². The number of thiazole rings is 1. The predicted molar refractivity (Wildman–Crippen MR) is 233 cm³/mol. The van der Waals surface area contributed by atoms with Crippen LogP contribution in [0.25, 0.3) is 21.6 Å². The van der Waals surface area contributed by atoms with Crippen LogP contribution >= 0.6 is 11.3 Å². The lowest BCUT2D eigenvalue weighted by molar-refractivity contribution is -0.131. The molecule has 4 unspecified atom stereocenters. The normalized spacial score (nSPS) is 24.0. The Labute approximate surface area is 361 Å². The molecule has 4 atom stereocenters. The Balaban J connectivity index is 1.15. The van der Waals surface area contributed by atoms with Crippen LogP contribution in [-0.2, 0) is 26.2 Å². The van der Waals surface area contributed by atoms with E-state index >= 15 is 0 Å². The smallest absolute Gasteiger partial charge is 0.321 e. The number of carbonyl (C=O) groups excluding carboxylic acids is 3. The highest BCUT2D eigenvalue weighted by atomic mass is 32.2. The number of rotatable bonds is 11. The van der Waals surface area contributed by atoms with Crippen LogP contribution in [-0.4, -0.2) is 96.3 Å². The fraction of sp³-hybridized carbons (Fsp3) is 0.489. The van der Waals surface area contributed by atoms with Gasteiger partial charge in [-0.1, -0.05) is 44.6 Å². The van der Waals surface area contributed by atoms with Crippen molar-refractivity contribution in [2.45, 2.75) is 108 Å². The molecule has 4 amide bonds. The Morgan fingerprint density at radius 2 is 1.82 bits per heavy atom. The summed E-state index contributed by atoms with van der Waals surface area (Å²) in [5.74, 6) is 0.440. The topological polar surface area (TPSA) is 169 Å². The molecule has 8 rings (SSSR count). The van der Waals surface area contributed by atoms with E-state index < -0.39 is 50.7 Å². The van der Waals surface area contributed by atoms with Gasteiger partial charge in [0.15, 0.2) is 0 Å². The van der Waals surface area contributed by atoms with Gasteiger partial charge >= 0.3 is 6.03 Å². The maximum atomic E-state index is 14.9. The molecular formula is C45H54N6O8S2. The Morgan fingerprint density at radius 3 is 2.52 bits per heavy atom. The van der Waals surface area contributed by atoms with Crippen LogP contribution in [0.5, 0.6) is 17.2 Å². The first-order valence-corrected chi connectivity index (χ1v) is 23.6. The fourth-order valence-electron chi connectivity index (χ4n) is 8.34. The summed E-state index contributed by atoms with van der Waals surface area (Å²) >= 11 is 1.50. The van der Waals surface area contributed by atoms with Crippen molar-refractivity contribution in [2.75, 3.05) is 27.3 Å². The van der Waals surface area contributed by atoms with E-state index in [-0.39, 0.29) is 31.3 Å². The Hall–Kier alpha value is -5.22. The fourth-order valence-corrected chi connectivity index (χ4v) is 10.6. The number of fused-ring (bicyclic) bond motifs is 3. The minimum Gasteiger partial charge on any atom is -0.497 e. The van der Waals surface area contributed by atoms with Crippen molar-refractivity contribution in [3.05, 3.63) is 76.8 Å². The van der Waals surface area contributed by atoms with Gasteiger partial charge in [-0.3, -0.25) is 14.3 Å². The molecule has 2 saturated carbocycles. The molecule has 1 saturated heterocycles. The molecule has 4 aromatic rings. The molecule has 14 nitrogen and oxygen atoms in total. The maximum Gasteiger partial charge on any atom is 0.321 e. The second-order valence-corrected chi connectivity index (χ2v) is 19.8. The van der Waals surface area contributed by atoms with Gasteiger partial charge < -0.3 is 29.3 Å². The number of nitrogens with one attached hydrogen (secondary N) is 2. The zero-order valence-electron chi connectivity index (χ0n) is 35.3. The lowest BCUT2D eigenvalue weighted by Crippen LogP contribution is -2.57. The van der Waals surface area contributed by atoms with E-state index in [0.717, 1.165) is 52.9 Å². The number of benzene rings is 2. The number of pyridine rings is 1. The molecule has 2 aliphatic carbocycles. The van der Waals surface area contributed by atoms with Crippen molar-refractivity contribution in [1.82, 2.24) is 29.8 Å². The van der Waals surface area contributed by atoms with Crippen LogP contribution in [0.2, 0.25) is 0 Å². The second-order valence-electron chi connectivity index (χ2n) is 16.9. The summed E-state index contributed by atoms with van der Waals surface area (Å²) in [5.41, 5.74) is 2.53. The number of amides is 4. The average molecular weight is 871 g/mol. The van der Waals surface area contributed by atoms with Gasteiger partial charge in [0, 0.05) is 47.8 Å². The SMILES string of the molecule is COc1ccc(CN2CCCCC/C=C\C3CC3(C(=O)NS(=O)(=O)C3CC3)NC(=O)C3CC(Oc4cc(-c5nc(C(C)C)cs5)nc5c(C)c(OC)ccc45)CN3C2=O)cc1. The molecule has 61 heavy (non-hydrogen) atoms. The van der Waals surface area contributed by atoms with E-state index in [1.54, 1.807) is 24.0 Å². The highest BCUT2D eigenvalue weighted by Gasteiger charge is 2.62. The molecule has 324 valence electrons. The first-order valence-electron chi connectivity index (χ1n) is 21.1.